The molecule has 0 spiro atoms. The Balaban J connectivity index is 2.30. The van der Waals surface area contributed by atoms with Gasteiger partial charge in [0.1, 0.15) is 0 Å². The molecule has 0 N–H and O–H groups in total. The average molecular weight is 248 g/mol. The van der Waals surface area contributed by atoms with Crippen LogP contribution in [0.2, 0.25) is 0 Å². The second kappa shape index (κ2) is 11.6. The fourth-order valence-electron chi connectivity index (χ4n) is 2.88. The minimum absolute atomic E-state index is 0.757. The number of rotatable bonds is 2. The van der Waals surface area contributed by atoms with Crippen LogP contribution < -0.4 is 0 Å². The predicted octanol–water partition coefficient (Wildman–Crippen LogP) is 6.43. The Labute approximate surface area is 115 Å². The molecule has 0 aromatic carbocycles. The molecule has 0 saturated carbocycles. The van der Waals surface area contributed by atoms with Crippen molar-refractivity contribution in [2.45, 2.75) is 83.5 Å². The van der Waals surface area contributed by atoms with Crippen LogP contribution in [-0.2, 0) is 0 Å². The van der Waals surface area contributed by atoms with Crippen LogP contribution in [0.25, 0.3) is 0 Å². The fourth-order valence-corrected chi connectivity index (χ4v) is 2.88. The molecule has 0 saturated heterocycles. The molecule has 1 aliphatic carbocycles. The molecule has 0 heteroatoms. The topological polar surface area (TPSA) is 0 Å². The van der Waals surface area contributed by atoms with Gasteiger partial charge in [-0.2, -0.15) is 0 Å². The summed E-state index contributed by atoms with van der Waals surface area (Å²) in [4.78, 5) is 0. The quantitative estimate of drug-likeness (QED) is 0.494. The summed E-state index contributed by atoms with van der Waals surface area (Å²) in [6, 6.07) is 0. The normalized spacial score (nSPS) is 25.0. The monoisotopic (exact) mass is 248 g/mol. The second-order valence-corrected chi connectivity index (χ2v) is 5.83. The highest BCUT2D eigenvalue weighted by Gasteiger charge is 2.02. The predicted molar refractivity (Wildman–Crippen MR) is 82.8 cm³/mol. The van der Waals surface area contributed by atoms with Gasteiger partial charge in [0.05, 0.1) is 0 Å². The molecule has 0 fully saturated rings. The molecule has 0 aromatic rings. The van der Waals surface area contributed by atoms with Crippen LogP contribution >= 0.6 is 0 Å². The first-order chi connectivity index (χ1) is 8.93. The molecule has 104 valence electrons. The van der Waals surface area contributed by atoms with E-state index in [-0.39, 0.29) is 0 Å². The standard InChI is InChI=1S/C18H32/c1-2-15-18-16-13-11-9-7-5-3-4-6-8-10-12-14-17-18/h2,13,16,18H,1,3-12,14-15,17H2. The molecule has 0 amide bonds. The Kier molecular flexibility index (Phi) is 9.98. The second-order valence-electron chi connectivity index (χ2n) is 5.83. The Morgan fingerprint density at radius 2 is 1.39 bits per heavy atom. The molecule has 1 aliphatic rings. The fraction of sp³-hybridized carbons (Fsp3) is 0.778. The third-order valence-electron chi connectivity index (χ3n) is 4.07. The molecule has 1 rings (SSSR count). The van der Waals surface area contributed by atoms with Gasteiger partial charge >= 0.3 is 0 Å². The van der Waals surface area contributed by atoms with Gasteiger partial charge < -0.3 is 0 Å². The summed E-state index contributed by atoms with van der Waals surface area (Å²) in [6.45, 7) is 3.89. The summed E-state index contributed by atoms with van der Waals surface area (Å²) in [5, 5.41) is 0. The smallest absolute Gasteiger partial charge is 0.0199 e. The molecular weight excluding hydrogens is 216 g/mol. The third-order valence-corrected chi connectivity index (χ3v) is 4.07. The molecule has 0 heterocycles. The van der Waals surface area contributed by atoms with Gasteiger partial charge in [-0.25, -0.2) is 0 Å². The molecule has 1 unspecified atom stereocenters. The maximum absolute atomic E-state index is 3.89. The maximum atomic E-state index is 3.89. The Bertz CT molecular complexity index is 214. The van der Waals surface area contributed by atoms with Crippen LogP contribution in [0.3, 0.4) is 0 Å². The largest absolute Gasteiger partial charge is 0.103 e. The van der Waals surface area contributed by atoms with Gasteiger partial charge in [-0.3, -0.25) is 0 Å². The van der Waals surface area contributed by atoms with Crippen molar-refractivity contribution in [3.8, 4) is 0 Å². The van der Waals surface area contributed by atoms with Crippen LogP contribution in [0.1, 0.15) is 83.5 Å². The van der Waals surface area contributed by atoms with Crippen molar-refractivity contribution in [2.75, 3.05) is 0 Å². The average Bonchev–Trinajstić information content (AvgIpc) is 2.39. The molecule has 0 nitrogen and oxygen atoms in total. The SMILES string of the molecule is C=CCC1C=CCCCCCCCCCCCC1. The molecule has 0 aliphatic heterocycles. The van der Waals surface area contributed by atoms with Crippen LogP contribution in [0.4, 0.5) is 0 Å². The zero-order chi connectivity index (χ0) is 12.9. The lowest BCUT2D eigenvalue weighted by Crippen LogP contribution is -1.95. The van der Waals surface area contributed by atoms with Gasteiger partial charge in [0.15, 0.2) is 0 Å². The van der Waals surface area contributed by atoms with E-state index >= 15 is 0 Å². The molecule has 0 aromatic heterocycles. The summed E-state index contributed by atoms with van der Waals surface area (Å²) >= 11 is 0. The molecule has 0 bridgehead atoms. The van der Waals surface area contributed by atoms with Crippen molar-refractivity contribution >= 4 is 0 Å². The Hall–Kier alpha value is -0.520. The Morgan fingerprint density at radius 3 is 2.00 bits per heavy atom. The summed E-state index contributed by atoms with van der Waals surface area (Å²) in [6.07, 6.45) is 25.2. The van der Waals surface area contributed by atoms with Gasteiger partial charge in [0, 0.05) is 0 Å². The van der Waals surface area contributed by atoms with Gasteiger partial charge in [0.25, 0.3) is 0 Å². The van der Waals surface area contributed by atoms with E-state index in [1.54, 1.807) is 0 Å². The van der Waals surface area contributed by atoms with Crippen molar-refractivity contribution in [1.29, 1.82) is 0 Å². The van der Waals surface area contributed by atoms with Gasteiger partial charge in [-0.15, -0.1) is 6.58 Å². The summed E-state index contributed by atoms with van der Waals surface area (Å²) < 4.78 is 0. The summed E-state index contributed by atoms with van der Waals surface area (Å²) in [5.74, 6) is 0.757. The number of hydrogen-bond donors (Lipinski definition) is 0. The zero-order valence-corrected chi connectivity index (χ0v) is 12.2. The minimum atomic E-state index is 0.757. The van der Waals surface area contributed by atoms with Crippen molar-refractivity contribution in [3.63, 3.8) is 0 Å². The summed E-state index contributed by atoms with van der Waals surface area (Å²) in [7, 11) is 0. The van der Waals surface area contributed by atoms with Crippen molar-refractivity contribution in [1.82, 2.24) is 0 Å². The highest BCUT2D eigenvalue weighted by Crippen LogP contribution is 2.19. The van der Waals surface area contributed by atoms with E-state index in [1.165, 1.54) is 77.0 Å². The highest BCUT2D eigenvalue weighted by atomic mass is 14.1. The van der Waals surface area contributed by atoms with E-state index in [2.05, 4.69) is 24.8 Å². The van der Waals surface area contributed by atoms with E-state index in [0.29, 0.717) is 0 Å². The third kappa shape index (κ3) is 8.55. The number of hydrogen-bond acceptors (Lipinski definition) is 0. The zero-order valence-electron chi connectivity index (χ0n) is 12.2. The Morgan fingerprint density at radius 1 is 0.833 bits per heavy atom. The van der Waals surface area contributed by atoms with E-state index in [0.717, 1.165) is 12.3 Å². The highest BCUT2D eigenvalue weighted by molar-refractivity contribution is 4.91. The van der Waals surface area contributed by atoms with Crippen LogP contribution in [-0.4, -0.2) is 0 Å². The lowest BCUT2D eigenvalue weighted by molar-refractivity contribution is 0.514. The molecule has 0 radical (unpaired) electrons. The first kappa shape index (κ1) is 15.5. The van der Waals surface area contributed by atoms with Crippen LogP contribution in [0.15, 0.2) is 24.8 Å². The van der Waals surface area contributed by atoms with E-state index < -0.39 is 0 Å². The summed E-state index contributed by atoms with van der Waals surface area (Å²) in [5.41, 5.74) is 0. The lowest BCUT2D eigenvalue weighted by Gasteiger charge is -2.10. The van der Waals surface area contributed by atoms with Crippen molar-refractivity contribution in [2.24, 2.45) is 5.92 Å². The minimum Gasteiger partial charge on any atom is -0.103 e. The first-order valence-electron chi connectivity index (χ1n) is 8.21. The lowest BCUT2D eigenvalue weighted by atomic mass is 9.96. The maximum Gasteiger partial charge on any atom is -0.0199 e. The van der Waals surface area contributed by atoms with E-state index in [9.17, 15) is 0 Å². The first-order valence-corrected chi connectivity index (χ1v) is 8.21. The van der Waals surface area contributed by atoms with Gasteiger partial charge in [-0.1, -0.05) is 76.0 Å². The van der Waals surface area contributed by atoms with Crippen molar-refractivity contribution in [3.05, 3.63) is 24.8 Å². The van der Waals surface area contributed by atoms with Gasteiger partial charge in [0.2, 0.25) is 0 Å². The van der Waals surface area contributed by atoms with Crippen molar-refractivity contribution < 1.29 is 0 Å². The molecular formula is C18H32. The van der Waals surface area contributed by atoms with Crippen LogP contribution in [0.5, 0.6) is 0 Å². The van der Waals surface area contributed by atoms with Crippen LogP contribution in [0, 0.1) is 5.92 Å². The van der Waals surface area contributed by atoms with E-state index in [4.69, 9.17) is 0 Å². The molecule has 18 heavy (non-hydrogen) atoms. The van der Waals surface area contributed by atoms with Gasteiger partial charge in [-0.05, 0) is 31.6 Å². The molecule has 1 atom stereocenters. The van der Waals surface area contributed by atoms with E-state index in [1.807, 2.05) is 0 Å². The number of allylic oxidation sites excluding steroid dienone is 3.